The van der Waals surface area contributed by atoms with E-state index in [1.54, 1.807) is 19.2 Å². The second-order valence-electron chi connectivity index (χ2n) is 5.84. The number of thiophene rings is 1. The molecule has 8 heteroatoms. The fourth-order valence-corrected chi connectivity index (χ4v) is 4.04. The Morgan fingerprint density at radius 2 is 2.29 bits per heavy atom. The molecule has 0 atom stereocenters. The summed E-state index contributed by atoms with van der Waals surface area (Å²) in [6.07, 6.45) is 2.16. The number of amides is 1. The van der Waals surface area contributed by atoms with Gasteiger partial charge in [0.15, 0.2) is 5.82 Å². The number of carbonyl (C=O) groups excluding carboxylic acids is 1. The zero-order valence-electron chi connectivity index (χ0n) is 12.8. The molecule has 0 bridgehead atoms. The van der Waals surface area contributed by atoms with Crippen molar-refractivity contribution in [3.63, 3.8) is 0 Å². The van der Waals surface area contributed by atoms with Crippen molar-refractivity contribution in [1.82, 2.24) is 15.0 Å². The number of nitrogens with zero attached hydrogens (tertiary/aromatic N) is 3. The van der Waals surface area contributed by atoms with Crippen LogP contribution in [0.4, 0.5) is 4.39 Å². The Labute approximate surface area is 146 Å². The molecule has 5 nitrogen and oxygen atoms in total. The van der Waals surface area contributed by atoms with E-state index in [4.69, 9.17) is 16.1 Å². The van der Waals surface area contributed by atoms with Gasteiger partial charge in [-0.3, -0.25) is 4.79 Å². The molecule has 0 spiro atoms. The van der Waals surface area contributed by atoms with E-state index in [1.807, 2.05) is 0 Å². The van der Waals surface area contributed by atoms with Crippen molar-refractivity contribution in [3.8, 4) is 0 Å². The average Bonchev–Trinajstić information content (AvgIpc) is 3.21. The second-order valence-corrected chi connectivity index (χ2v) is 7.27. The lowest BCUT2D eigenvalue weighted by atomic mass is 10.2. The van der Waals surface area contributed by atoms with Crippen molar-refractivity contribution in [3.05, 3.63) is 45.6 Å². The van der Waals surface area contributed by atoms with E-state index >= 15 is 0 Å². The summed E-state index contributed by atoms with van der Waals surface area (Å²) in [5.74, 6) is 0.751. The Kier molecular flexibility index (Phi) is 3.77. The van der Waals surface area contributed by atoms with Gasteiger partial charge in [-0.25, -0.2) is 4.39 Å². The molecule has 1 saturated carbocycles. The van der Waals surface area contributed by atoms with E-state index in [0.717, 1.165) is 12.8 Å². The first-order valence-corrected chi connectivity index (χ1v) is 8.68. The maximum atomic E-state index is 13.9. The number of hydrogen-bond donors (Lipinski definition) is 0. The summed E-state index contributed by atoms with van der Waals surface area (Å²) in [5.41, 5.74) is 0. The highest BCUT2D eigenvalue weighted by atomic mass is 35.5. The zero-order chi connectivity index (χ0) is 16.8. The van der Waals surface area contributed by atoms with Gasteiger partial charge in [-0.15, -0.1) is 11.3 Å². The maximum absolute atomic E-state index is 13.9. The normalized spacial score (nSPS) is 14.3. The van der Waals surface area contributed by atoms with Crippen LogP contribution in [0.3, 0.4) is 0 Å². The van der Waals surface area contributed by atoms with Crippen LogP contribution in [0.25, 0.3) is 10.1 Å². The molecule has 124 valence electrons. The highest BCUT2D eigenvalue weighted by molar-refractivity contribution is 7.21. The highest BCUT2D eigenvalue weighted by Gasteiger charge is 2.29. The Balaban J connectivity index is 1.58. The Morgan fingerprint density at radius 3 is 3.00 bits per heavy atom. The largest absolute Gasteiger partial charge is 0.337 e. The summed E-state index contributed by atoms with van der Waals surface area (Å²) in [4.78, 5) is 18.7. The van der Waals surface area contributed by atoms with Gasteiger partial charge in [0.05, 0.1) is 5.02 Å². The van der Waals surface area contributed by atoms with Crippen LogP contribution in [-0.2, 0) is 6.54 Å². The first kappa shape index (κ1) is 15.5. The summed E-state index contributed by atoms with van der Waals surface area (Å²) in [6.45, 7) is 0.186. The van der Waals surface area contributed by atoms with Crippen molar-refractivity contribution >= 4 is 38.9 Å². The molecule has 1 amide bonds. The van der Waals surface area contributed by atoms with Crippen LogP contribution in [0.1, 0.15) is 40.1 Å². The molecule has 0 saturated heterocycles. The molecule has 2 heterocycles. The van der Waals surface area contributed by atoms with E-state index < -0.39 is 5.82 Å². The lowest BCUT2D eigenvalue weighted by Crippen LogP contribution is -2.25. The zero-order valence-corrected chi connectivity index (χ0v) is 14.3. The van der Waals surface area contributed by atoms with Crippen molar-refractivity contribution in [1.29, 1.82) is 0 Å². The number of hydrogen-bond acceptors (Lipinski definition) is 5. The number of halogens is 2. The molecule has 0 unspecified atom stereocenters. The molecule has 24 heavy (non-hydrogen) atoms. The van der Waals surface area contributed by atoms with Gasteiger partial charge < -0.3 is 9.42 Å². The summed E-state index contributed by atoms with van der Waals surface area (Å²) in [6, 6.07) is 4.67. The van der Waals surface area contributed by atoms with Gasteiger partial charge in [0.1, 0.15) is 17.2 Å². The van der Waals surface area contributed by atoms with E-state index in [2.05, 4.69) is 10.1 Å². The van der Waals surface area contributed by atoms with Crippen LogP contribution in [0, 0.1) is 5.82 Å². The summed E-state index contributed by atoms with van der Waals surface area (Å²) >= 11 is 7.41. The van der Waals surface area contributed by atoms with Gasteiger partial charge in [-0.05, 0) is 25.0 Å². The molecule has 1 fully saturated rings. The first-order valence-electron chi connectivity index (χ1n) is 7.49. The minimum absolute atomic E-state index is 0.147. The lowest BCUT2D eigenvalue weighted by Gasteiger charge is -2.13. The fraction of sp³-hybridized carbons (Fsp3) is 0.312. The van der Waals surface area contributed by atoms with Gasteiger partial charge in [0.2, 0.25) is 5.89 Å². The predicted molar refractivity (Wildman–Crippen MR) is 88.9 cm³/mol. The molecule has 2 aromatic heterocycles. The van der Waals surface area contributed by atoms with Gasteiger partial charge >= 0.3 is 0 Å². The maximum Gasteiger partial charge on any atom is 0.265 e. The number of carbonyl (C=O) groups is 1. The van der Waals surface area contributed by atoms with Crippen molar-refractivity contribution in [2.45, 2.75) is 25.3 Å². The summed E-state index contributed by atoms with van der Waals surface area (Å²) < 4.78 is 19.8. The van der Waals surface area contributed by atoms with Gasteiger partial charge in [0, 0.05) is 23.1 Å². The molecule has 0 N–H and O–H groups in total. The van der Waals surface area contributed by atoms with Crippen LogP contribution in [0.15, 0.2) is 22.7 Å². The molecule has 4 rings (SSSR count). The monoisotopic (exact) mass is 365 g/mol. The molecule has 0 radical (unpaired) electrons. The van der Waals surface area contributed by atoms with Gasteiger partial charge in [0.25, 0.3) is 5.91 Å². The predicted octanol–water partition coefficient (Wildman–Crippen LogP) is 4.23. The van der Waals surface area contributed by atoms with Crippen LogP contribution >= 0.6 is 22.9 Å². The Morgan fingerprint density at radius 1 is 1.50 bits per heavy atom. The molecule has 1 aromatic carbocycles. The summed E-state index contributed by atoms with van der Waals surface area (Å²) in [7, 11) is 1.63. The molecule has 1 aliphatic carbocycles. The number of aromatic nitrogens is 2. The third-order valence-electron chi connectivity index (χ3n) is 3.95. The highest BCUT2D eigenvalue weighted by Crippen LogP contribution is 2.39. The molecule has 0 aliphatic heterocycles. The molecular formula is C16H13ClFN3O2S. The fourth-order valence-electron chi connectivity index (χ4n) is 2.50. The van der Waals surface area contributed by atoms with E-state index in [-0.39, 0.29) is 22.9 Å². The standard InChI is InChI=1S/C16H13ClFN3O2S/c1-21(7-11-19-15(20-23-11)8-5-6-8)16(22)14-13(17)12-9(18)3-2-4-10(12)24-14/h2-4,8H,5-7H2,1H3. The Hall–Kier alpha value is -1.99. The van der Waals surface area contributed by atoms with E-state index in [9.17, 15) is 9.18 Å². The quantitative estimate of drug-likeness (QED) is 0.694. The number of rotatable bonds is 4. The third-order valence-corrected chi connectivity index (χ3v) is 5.58. The van der Waals surface area contributed by atoms with Crippen molar-refractivity contribution in [2.75, 3.05) is 7.05 Å². The smallest absolute Gasteiger partial charge is 0.265 e. The number of benzene rings is 1. The third kappa shape index (κ3) is 2.67. The molecule has 3 aromatic rings. The SMILES string of the molecule is CN(Cc1nc(C2CC2)no1)C(=O)c1sc2cccc(F)c2c1Cl. The lowest BCUT2D eigenvalue weighted by molar-refractivity contribution is 0.0774. The number of fused-ring (bicyclic) bond motifs is 1. The topological polar surface area (TPSA) is 59.2 Å². The second kappa shape index (κ2) is 5.82. The van der Waals surface area contributed by atoms with E-state index in [1.165, 1.54) is 22.3 Å². The average molecular weight is 366 g/mol. The van der Waals surface area contributed by atoms with Gasteiger partial charge in [-0.2, -0.15) is 4.98 Å². The van der Waals surface area contributed by atoms with Crippen molar-refractivity contribution < 1.29 is 13.7 Å². The van der Waals surface area contributed by atoms with Crippen molar-refractivity contribution in [2.24, 2.45) is 0 Å². The van der Waals surface area contributed by atoms with Crippen LogP contribution in [-0.4, -0.2) is 28.0 Å². The minimum Gasteiger partial charge on any atom is -0.337 e. The van der Waals surface area contributed by atoms with E-state index in [0.29, 0.717) is 27.2 Å². The first-order chi connectivity index (χ1) is 11.5. The minimum atomic E-state index is -0.429. The molecular weight excluding hydrogens is 353 g/mol. The van der Waals surface area contributed by atoms with Crippen LogP contribution in [0.5, 0.6) is 0 Å². The molecule has 1 aliphatic rings. The van der Waals surface area contributed by atoms with Gasteiger partial charge in [-0.1, -0.05) is 22.8 Å². The summed E-state index contributed by atoms with van der Waals surface area (Å²) in [5, 5.41) is 4.36. The van der Waals surface area contributed by atoms with Crippen LogP contribution < -0.4 is 0 Å². The van der Waals surface area contributed by atoms with Crippen LogP contribution in [0.2, 0.25) is 5.02 Å². The Bertz CT molecular complexity index is 935.